The highest BCUT2D eigenvalue weighted by Crippen LogP contribution is 2.32. The monoisotopic (exact) mass is 423 g/mol. The number of aryl methyl sites for hydroxylation is 1. The Kier molecular flexibility index (Phi) is 5.77. The molecule has 3 aromatic carbocycles. The molecule has 0 aliphatic carbocycles. The van der Waals surface area contributed by atoms with Gasteiger partial charge in [-0.2, -0.15) is 10.1 Å². The van der Waals surface area contributed by atoms with E-state index in [4.69, 9.17) is 14.7 Å². The number of hydrogen-bond acceptors (Lipinski definition) is 6. The standard InChI is InChI=1S/C26H25N5O/c1-19-7-5-8-20(17-19)18-27-30-25-23-12-6-11-22(21-9-3-2-4-10-21)24(23)28-26(29-25)31-13-15-32-16-14-31/h2-12,17-18H,13-16H2,1H3,(H,28,29,30)/b27-18+. The second-order valence-electron chi connectivity index (χ2n) is 7.82. The van der Waals surface area contributed by atoms with Gasteiger partial charge in [-0.15, -0.1) is 0 Å². The maximum atomic E-state index is 5.52. The van der Waals surface area contributed by atoms with Crippen molar-refractivity contribution in [2.75, 3.05) is 36.6 Å². The van der Waals surface area contributed by atoms with E-state index in [1.807, 2.05) is 48.7 Å². The Morgan fingerprint density at radius 3 is 2.56 bits per heavy atom. The minimum absolute atomic E-state index is 0.677. The number of rotatable bonds is 5. The van der Waals surface area contributed by atoms with Crippen LogP contribution >= 0.6 is 0 Å². The van der Waals surface area contributed by atoms with Crippen molar-refractivity contribution >= 4 is 28.9 Å². The molecule has 32 heavy (non-hydrogen) atoms. The topological polar surface area (TPSA) is 62.6 Å². The predicted molar refractivity (Wildman–Crippen MR) is 130 cm³/mol. The summed E-state index contributed by atoms with van der Waals surface area (Å²) in [5.41, 5.74) is 8.51. The minimum Gasteiger partial charge on any atom is -0.378 e. The van der Waals surface area contributed by atoms with E-state index in [-0.39, 0.29) is 0 Å². The van der Waals surface area contributed by atoms with Gasteiger partial charge < -0.3 is 9.64 Å². The summed E-state index contributed by atoms with van der Waals surface area (Å²) in [5, 5.41) is 5.42. The average molecular weight is 424 g/mol. The lowest BCUT2D eigenvalue weighted by molar-refractivity contribution is 0.122. The molecule has 6 heteroatoms. The molecule has 1 aliphatic heterocycles. The lowest BCUT2D eigenvalue weighted by Gasteiger charge is -2.27. The van der Waals surface area contributed by atoms with E-state index < -0.39 is 0 Å². The number of hydrazone groups is 1. The van der Waals surface area contributed by atoms with Crippen LogP contribution in [0.1, 0.15) is 11.1 Å². The van der Waals surface area contributed by atoms with E-state index in [1.165, 1.54) is 5.56 Å². The first-order chi connectivity index (χ1) is 15.8. The maximum Gasteiger partial charge on any atom is 0.228 e. The first-order valence-corrected chi connectivity index (χ1v) is 10.8. The van der Waals surface area contributed by atoms with Gasteiger partial charge in [-0.1, -0.05) is 72.3 Å². The van der Waals surface area contributed by atoms with Crippen molar-refractivity contribution in [3.63, 3.8) is 0 Å². The number of nitrogens with zero attached hydrogens (tertiary/aromatic N) is 4. The third-order valence-electron chi connectivity index (χ3n) is 5.52. The Labute approximate surface area is 187 Å². The average Bonchev–Trinajstić information content (AvgIpc) is 2.85. The van der Waals surface area contributed by atoms with E-state index in [0.717, 1.165) is 40.7 Å². The van der Waals surface area contributed by atoms with Crippen molar-refractivity contribution in [3.8, 4) is 11.1 Å². The van der Waals surface area contributed by atoms with Gasteiger partial charge in [0.15, 0.2) is 5.82 Å². The summed E-state index contributed by atoms with van der Waals surface area (Å²) in [5.74, 6) is 1.38. The van der Waals surface area contributed by atoms with Crippen molar-refractivity contribution in [3.05, 3.63) is 83.9 Å². The molecule has 1 aromatic heterocycles. The number of morpholine rings is 1. The number of nitrogens with one attached hydrogen (secondary N) is 1. The van der Waals surface area contributed by atoms with Crippen LogP contribution in [0.5, 0.6) is 0 Å². The zero-order valence-corrected chi connectivity index (χ0v) is 18.0. The molecule has 6 nitrogen and oxygen atoms in total. The van der Waals surface area contributed by atoms with Crippen LogP contribution in [0.4, 0.5) is 11.8 Å². The molecule has 1 N–H and O–H groups in total. The molecular weight excluding hydrogens is 398 g/mol. The van der Waals surface area contributed by atoms with Crippen molar-refractivity contribution in [2.24, 2.45) is 5.10 Å². The molecule has 1 saturated heterocycles. The Bertz CT molecular complexity index is 1250. The number of aromatic nitrogens is 2. The van der Waals surface area contributed by atoms with Gasteiger partial charge in [0.2, 0.25) is 5.95 Å². The number of hydrogen-bond donors (Lipinski definition) is 1. The second-order valence-corrected chi connectivity index (χ2v) is 7.82. The Morgan fingerprint density at radius 1 is 0.938 bits per heavy atom. The van der Waals surface area contributed by atoms with Gasteiger partial charge in [0.1, 0.15) is 0 Å². The molecule has 1 fully saturated rings. The zero-order chi connectivity index (χ0) is 21.8. The van der Waals surface area contributed by atoms with Crippen LogP contribution in [-0.4, -0.2) is 42.5 Å². The Balaban J connectivity index is 1.58. The summed E-state index contributed by atoms with van der Waals surface area (Å²) < 4.78 is 5.52. The normalized spacial score (nSPS) is 14.2. The van der Waals surface area contributed by atoms with E-state index >= 15 is 0 Å². The molecule has 2 heterocycles. The molecule has 5 rings (SSSR count). The van der Waals surface area contributed by atoms with Gasteiger partial charge in [0, 0.05) is 24.0 Å². The van der Waals surface area contributed by atoms with Gasteiger partial charge in [-0.3, -0.25) is 5.43 Å². The van der Waals surface area contributed by atoms with Crippen LogP contribution < -0.4 is 10.3 Å². The summed E-state index contributed by atoms with van der Waals surface area (Å²) in [4.78, 5) is 12.0. The lowest BCUT2D eigenvalue weighted by Crippen LogP contribution is -2.37. The molecular formula is C26H25N5O. The minimum atomic E-state index is 0.677. The maximum absolute atomic E-state index is 5.52. The molecule has 0 atom stereocenters. The molecule has 0 amide bonds. The lowest BCUT2D eigenvalue weighted by atomic mass is 10.0. The third-order valence-corrected chi connectivity index (χ3v) is 5.52. The summed E-state index contributed by atoms with van der Waals surface area (Å²) in [6.45, 7) is 4.96. The van der Waals surface area contributed by atoms with Gasteiger partial charge in [-0.05, 0) is 24.1 Å². The molecule has 0 unspecified atom stereocenters. The van der Waals surface area contributed by atoms with Crippen molar-refractivity contribution in [1.82, 2.24) is 9.97 Å². The van der Waals surface area contributed by atoms with Crippen LogP contribution in [0.3, 0.4) is 0 Å². The molecule has 0 saturated carbocycles. The first-order valence-electron chi connectivity index (χ1n) is 10.8. The van der Waals surface area contributed by atoms with Crippen LogP contribution in [0.2, 0.25) is 0 Å². The Hall–Kier alpha value is -3.77. The smallest absolute Gasteiger partial charge is 0.228 e. The largest absolute Gasteiger partial charge is 0.378 e. The van der Waals surface area contributed by atoms with Crippen LogP contribution in [0.15, 0.2) is 77.9 Å². The van der Waals surface area contributed by atoms with Crippen LogP contribution in [0, 0.1) is 6.92 Å². The molecule has 0 bridgehead atoms. The number of benzene rings is 3. The van der Waals surface area contributed by atoms with Gasteiger partial charge in [0.25, 0.3) is 0 Å². The highest BCUT2D eigenvalue weighted by molar-refractivity contribution is 6.00. The molecule has 1 aliphatic rings. The number of ether oxygens (including phenoxy) is 1. The summed E-state index contributed by atoms with van der Waals surface area (Å²) in [6.07, 6.45) is 1.82. The highest BCUT2D eigenvalue weighted by Gasteiger charge is 2.18. The van der Waals surface area contributed by atoms with Gasteiger partial charge in [-0.25, -0.2) is 4.98 Å². The second kappa shape index (κ2) is 9.16. The van der Waals surface area contributed by atoms with Gasteiger partial charge in [0.05, 0.1) is 24.9 Å². The fourth-order valence-corrected chi connectivity index (χ4v) is 3.90. The van der Waals surface area contributed by atoms with Crippen molar-refractivity contribution < 1.29 is 4.74 Å². The summed E-state index contributed by atoms with van der Waals surface area (Å²) in [6, 6.07) is 24.7. The van der Waals surface area contributed by atoms with E-state index in [2.05, 4.69) is 52.7 Å². The number of fused-ring (bicyclic) bond motifs is 1. The highest BCUT2D eigenvalue weighted by atomic mass is 16.5. The summed E-state index contributed by atoms with van der Waals surface area (Å²) >= 11 is 0. The van der Waals surface area contributed by atoms with E-state index in [0.29, 0.717) is 25.0 Å². The van der Waals surface area contributed by atoms with Gasteiger partial charge >= 0.3 is 0 Å². The summed E-state index contributed by atoms with van der Waals surface area (Å²) in [7, 11) is 0. The van der Waals surface area contributed by atoms with Crippen molar-refractivity contribution in [2.45, 2.75) is 6.92 Å². The SMILES string of the molecule is Cc1cccc(/C=N/Nc2nc(N3CCOCC3)nc3c(-c4ccccc4)cccc23)c1. The van der Waals surface area contributed by atoms with E-state index in [9.17, 15) is 0 Å². The predicted octanol–water partition coefficient (Wildman–Crippen LogP) is 4.89. The van der Waals surface area contributed by atoms with Crippen molar-refractivity contribution in [1.29, 1.82) is 0 Å². The number of anilines is 2. The molecule has 4 aromatic rings. The fraction of sp³-hybridized carbons (Fsp3) is 0.192. The molecule has 0 radical (unpaired) electrons. The first kappa shape index (κ1) is 20.2. The molecule has 160 valence electrons. The number of para-hydroxylation sites is 1. The van der Waals surface area contributed by atoms with Crippen LogP contribution in [0.25, 0.3) is 22.0 Å². The van der Waals surface area contributed by atoms with E-state index in [1.54, 1.807) is 0 Å². The fourth-order valence-electron chi connectivity index (χ4n) is 3.90. The Morgan fingerprint density at radius 2 is 1.75 bits per heavy atom. The van der Waals surface area contributed by atoms with Crippen LogP contribution in [-0.2, 0) is 4.74 Å². The quantitative estimate of drug-likeness (QED) is 0.366. The molecule has 0 spiro atoms. The third kappa shape index (κ3) is 4.31. The zero-order valence-electron chi connectivity index (χ0n) is 18.0.